The van der Waals surface area contributed by atoms with Crippen molar-refractivity contribution in [2.24, 2.45) is 7.05 Å². The van der Waals surface area contributed by atoms with Crippen molar-refractivity contribution in [1.29, 1.82) is 0 Å². The van der Waals surface area contributed by atoms with Crippen LogP contribution in [0.5, 0.6) is 5.88 Å². The Balaban J connectivity index is 1.33. The van der Waals surface area contributed by atoms with E-state index in [1.807, 2.05) is 51.7 Å². The molecule has 4 aromatic rings. The first kappa shape index (κ1) is 24.0. The highest BCUT2D eigenvalue weighted by molar-refractivity contribution is 5.93. The normalized spacial score (nSPS) is 18.1. The predicted molar refractivity (Wildman–Crippen MR) is 138 cm³/mol. The van der Waals surface area contributed by atoms with Crippen molar-refractivity contribution in [1.82, 2.24) is 39.2 Å². The van der Waals surface area contributed by atoms with Gasteiger partial charge in [-0.3, -0.25) is 14.2 Å². The van der Waals surface area contributed by atoms with Gasteiger partial charge in [0.05, 0.1) is 24.3 Å². The Morgan fingerprint density at radius 1 is 1.14 bits per heavy atom. The number of aryl methyl sites for hydroxylation is 1. The Morgan fingerprint density at radius 3 is 2.64 bits per heavy atom. The summed E-state index contributed by atoms with van der Waals surface area (Å²) in [5.41, 5.74) is 2.83. The molecule has 1 saturated carbocycles. The molecule has 36 heavy (non-hydrogen) atoms. The first-order valence-electron chi connectivity index (χ1n) is 12.4. The Bertz CT molecular complexity index is 1400. The summed E-state index contributed by atoms with van der Waals surface area (Å²) in [4.78, 5) is 18.7. The largest absolute Gasteiger partial charge is 0.473 e. The average molecular weight is 492 g/mol. The number of hydrogen-bond acceptors (Lipinski definition) is 8. The van der Waals surface area contributed by atoms with E-state index in [4.69, 9.17) is 9.84 Å². The van der Waals surface area contributed by atoms with Gasteiger partial charge < -0.3 is 15.0 Å². The van der Waals surface area contributed by atoms with E-state index >= 15 is 0 Å². The van der Waals surface area contributed by atoms with E-state index in [-0.39, 0.29) is 17.7 Å². The lowest BCUT2D eigenvalue weighted by atomic mass is 9.93. The second-order valence-electron chi connectivity index (χ2n) is 9.62. The molecule has 1 aliphatic carbocycles. The number of ether oxygens (including phenoxy) is 1. The fourth-order valence-corrected chi connectivity index (χ4v) is 4.73. The van der Waals surface area contributed by atoms with Crippen LogP contribution < -0.4 is 15.6 Å². The van der Waals surface area contributed by atoms with E-state index in [0.717, 1.165) is 60.2 Å². The lowest BCUT2D eigenvalue weighted by Crippen LogP contribution is -2.30. The molecule has 4 aromatic heterocycles. The van der Waals surface area contributed by atoms with Crippen LogP contribution in [-0.4, -0.2) is 73.0 Å². The molecule has 0 amide bonds. The maximum absolute atomic E-state index is 12.1. The number of anilines is 1. The van der Waals surface area contributed by atoms with Gasteiger partial charge in [0.1, 0.15) is 17.6 Å². The molecule has 0 unspecified atom stereocenters. The number of pyridine rings is 1. The Labute approximate surface area is 209 Å². The summed E-state index contributed by atoms with van der Waals surface area (Å²) >= 11 is 0. The lowest BCUT2D eigenvalue weighted by Gasteiger charge is -2.29. The Hall–Kier alpha value is -3.73. The van der Waals surface area contributed by atoms with Crippen molar-refractivity contribution in [3.63, 3.8) is 0 Å². The summed E-state index contributed by atoms with van der Waals surface area (Å²) in [6.07, 6.45) is 9.41. The van der Waals surface area contributed by atoms with Crippen molar-refractivity contribution in [3.8, 4) is 17.1 Å². The lowest BCUT2D eigenvalue weighted by molar-refractivity contribution is 0.122. The Morgan fingerprint density at radius 2 is 1.94 bits per heavy atom. The standard InChI is InChI=1S/C25H33N9O2/c1-26-22-13-21-20(15-27-22)25(17-14-28-32(4)16-17)30-34(21)18-5-7-19(8-6-18)36-23-9-10-24(35)33(29-23)12-11-31(2)3/h9-10,13-16,18-19H,5-8,11-12H2,1-4H3,(H,26,27)/t18-,19+. The van der Waals surface area contributed by atoms with Gasteiger partial charge in [-0.05, 0) is 39.8 Å². The van der Waals surface area contributed by atoms with Gasteiger partial charge in [0, 0.05) is 62.2 Å². The predicted octanol–water partition coefficient (Wildman–Crippen LogP) is 2.55. The summed E-state index contributed by atoms with van der Waals surface area (Å²) in [6, 6.07) is 5.53. The van der Waals surface area contributed by atoms with Gasteiger partial charge in [-0.1, -0.05) is 0 Å². The number of likely N-dealkylation sites (N-methyl/N-ethyl adjacent to an activating group) is 1. The third kappa shape index (κ3) is 4.97. The van der Waals surface area contributed by atoms with Crippen LogP contribution in [0.2, 0.25) is 0 Å². The Kier molecular flexibility index (Phi) is 6.73. The molecule has 0 radical (unpaired) electrons. The number of fused-ring (bicyclic) bond motifs is 1. The molecule has 0 saturated heterocycles. The van der Waals surface area contributed by atoms with Gasteiger partial charge in [-0.2, -0.15) is 10.2 Å². The number of rotatable bonds is 8. The zero-order chi connectivity index (χ0) is 25.2. The van der Waals surface area contributed by atoms with Gasteiger partial charge in [0.2, 0.25) is 5.88 Å². The fraction of sp³-hybridized carbons (Fsp3) is 0.480. The van der Waals surface area contributed by atoms with E-state index in [2.05, 4.69) is 31.2 Å². The highest BCUT2D eigenvalue weighted by Gasteiger charge is 2.27. The van der Waals surface area contributed by atoms with Crippen LogP contribution in [0.4, 0.5) is 5.82 Å². The molecule has 0 atom stereocenters. The molecule has 11 nitrogen and oxygen atoms in total. The minimum absolute atomic E-state index is 0.0581. The van der Waals surface area contributed by atoms with Gasteiger partial charge in [0.25, 0.3) is 5.56 Å². The molecule has 0 aliphatic heterocycles. The number of hydrogen-bond donors (Lipinski definition) is 1. The highest BCUT2D eigenvalue weighted by atomic mass is 16.5. The molecule has 11 heteroatoms. The second-order valence-corrected chi connectivity index (χ2v) is 9.62. The second kappa shape index (κ2) is 10.1. The monoisotopic (exact) mass is 491 g/mol. The van der Waals surface area contributed by atoms with E-state index < -0.39 is 0 Å². The van der Waals surface area contributed by atoms with Crippen molar-refractivity contribution < 1.29 is 4.74 Å². The first-order chi connectivity index (χ1) is 17.4. The van der Waals surface area contributed by atoms with E-state index in [0.29, 0.717) is 12.4 Å². The third-order valence-corrected chi connectivity index (χ3v) is 6.70. The fourth-order valence-electron chi connectivity index (χ4n) is 4.73. The smallest absolute Gasteiger partial charge is 0.267 e. The topological polar surface area (TPSA) is 108 Å². The van der Waals surface area contributed by atoms with E-state index in [1.165, 1.54) is 10.7 Å². The van der Waals surface area contributed by atoms with Crippen LogP contribution in [0, 0.1) is 0 Å². The zero-order valence-electron chi connectivity index (χ0n) is 21.3. The van der Waals surface area contributed by atoms with Crippen LogP contribution in [0.15, 0.2) is 41.6 Å². The van der Waals surface area contributed by atoms with Crippen LogP contribution in [0.1, 0.15) is 31.7 Å². The van der Waals surface area contributed by atoms with Gasteiger partial charge in [-0.25, -0.2) is 9.67 Å². The SMILES string of the molecule is CNc1cc2c(cn1)c(-c1cnn(C)c1)nn2[C@H]1CC[C@@H](Oc2ccc(=O)n(CCN(C)C)n2)CC1. The van der Waals surface area contributed by atoms with Crippen molar-refractivity contribution in [3.05, 3.63) is 47.1 Å². The molecular weight excluding hydrogens is 458 g/mol. The van der Waals surface area contributed by atoms with Crippen LogP contribution in [0.25, 0.3) is 22.2 Å². The molecule has 1 aliphatic rings. The van der Waals surface area contributed by atoms with E-state index in [9.17, 15) is 4.79 Å². The van der Waals surface area contributed by atoms with Crippen molar-refractivity contribution in [2.75, 3.05) is 33.0 Å². The molecule has 4 heterocycles. The summed E-state index contributed by atoms with van der Waals surface area (Å²) in [7, 11) is 7.73. The minimum atomic E-state index is -0.113. The third-order valence-electron chi connectivity index (χ3n) is 6.70. The maximum atomic E-state index is 12.1. The summed E-state index contributed by atoms with van der Waals surface area (Å²) < 4.78 is 11.6. The molecule has 0 spiro atoms. The molecule has 0 bridgehead atoms. The highest BCUT2D eigenvalue weighted by Crippen LogP contribution is 2.36. The quantitative estimate of drug-likeness (QED) is 0.401. The van der Waals surface area contributed by atoms with Gasteiger partial charge in [-0.15, -0.1) is 5.10 Å². The summed E-state index contributed by atoms with van der Waals surface area (Å²) in [6.45, 7) is 1.27. The zero-order valence-corrected chi connectivity index (χ0v) is 21.3. The number of nitrogens with zero attached hydrogens (tertiary/aromatic N) is 8. The summed E-state index contributed by atoms with van der Waals surface area (Å²) in [5.74, 6) is 1.32. The summed E-state index contributed by atoms with van der Waals surface area (Å²) in [5, 5.41) is 17.9. The van der Waals surface area contributed by atoms with Gasteiger partial charge in [0.15, 0.2) is 0 Å². The maximum Gasteiger partial charge on any atom is 0.267 e. The van der Waals surface area contributed by atoms with Crippen molar-refractivity contribution in [2.45, 2.75) is 44.4 Å². The first-order valence-corrected chi connectivity index (χ1v) is 12.4. The number of aromatic nitrogens is 7. The van der Waals surface area contributed by atoms with E-state index in [1.54, 1.807) is 10.7 Å². The molecule has 190 valence electrons. The average Bonchev–Trinajstić information content (AvgIpc) is 3.47. The molecule has 0 aromatic carbocycles. The van der Waals surface area contributed by atoms with Gasteiger partial charge >= 0.3 is 0 Å². The van der Waals surface area contributed by atoms with Crippen LogP contribution in [-0.2, 0) is 13.6 Å². The minimum Gasteiger partial charge on any atom is -0.473 e. The molecule has 5 rings (SSSR count). The molecule has 1 fully saturated rings. The van der Waals surface area contributed by atoms with Crippen LogP contribution in [0.3, 0.4) is 0 Å². The molecular formula is C25H33N9O2. The van der Waals surface area contributed by atoms with Crippen molar-refractivity contribution >= 4 is 16.7 Å². The van der Waals surface area contributed by atoms with Crippen LogP contribution >= 0.6 is 0 Å². The number of nitrogens with one attached hydrogen (secondary N) is 1. The molecule has 1 N–H and O–H groups in total.